The molecule has 0 bridgehead atoms. The van der Waals surface area contributed by atoms with Crippen LogP contribution < -0.4 is 0 Å². The molecule has 0 radical (unpaired) electrons. The molecule has 2 N–H and O–H groups in total. The first-order chi connectivity index (χ1) is 6.97. The molecule has 15 heavy (non-hydrogen) atoms. The van der Waals surface area contributed by atoms with Crippen LogP contribution in [0.4, 0.5) is 0 Å². The van der Waals surface area contributed by atoms with Crippen molar-refractivity contribution in [2.45, 2.75) is 45.1 Å². The molecular formula is C13H18O2. The minimum Gasteiger partial charge on any atom is -0.508 e. The summed E-state index contributed by atoms with van der Waals surface area (Å²) in [5.74, 6) is 0.330. The Bertz CT molecular complexity index is 390. The molecule has 2 rings (SSSR count). The topological polar surface area (TPSA) is 40.5 Å². The first-order valence-corrected chi connectivity index (χ1v) is 5.46. The summed E-state index contributed by atoms with van der Waals surface area (Å²) in [5, 5.41) is 19.7. The molecule has 0 heterocycles. The van der Waals surface area contributed by atoms with Gasteiger partial charge in [0, 0.05) is 11.0 Å². The van der Waals surface area contributed by atoms with E-state index in [1.54, 1.807) is 6.07 Å². The number of aryl methyl sites for hydroxylation is 2. The average molecular weight is 206 g/mol. The maximum atomic E-state index is 9.93. The van der Waals surface area contributed by atoms with E-state index in [2.05, 4.69) is 0 Å². The third-order valence-corrected chi connectivity index (χ3v) is 3.74. The SMILES string of the molecule is Cc1cc(O)c(C2(C(C)O)CC2)cc1C. The van der Waals surface area contributed by atoms with Crippen LogP contribution in [0.3, 0.4) is 0 Å². The van der Waals surface area contributed by atoms with Gasteiger partial charge in [0.2, 0.25) is 0 Å². The van der Waals surface area contributed by atoms with Crippen LogP contribution in [0.2, 0.25) is 0 Å². The average Bonchev–Trinajstić information content (AvgIpc) is 2.92. The third kappa shape index (κ3) is 1.53. The highest BCUT2D eigenvalue weighted by Crippen LogP contribution is 2.53. The molecule has 1 aromatic carbocycles. The zero-order valence-corrected chi connectivity index (χ0v) is 9.54. The van der Waals surface area contributed by atoms with Crippen LogP contribution in [-0.2, 0) is 5.41 Å². The molecule has 1 aromatic rings. The van der Waals surface area contributed by atoms with Gasteiger partial charge in [-0.1, -0.05) is 6.07 Å². The molecule has 1 saturated carbocycles. The van der Waals surface area contributed by atoms with Crippen LogP contribution >= 0.6 is 0 Å². The second kappa shape index (κ2) is 3.24. The van der Waals surface area contributed by atoms with E-state index in [1.807, 2.05) is 26.8 Å². The van der Waals surface area contributed by atoms with E-state index in [-0.39, 0.29) is 11.5 Å². The lowest BCUT2D eigenvalue weighted by molar-refractivity contribution is 0.149. The fourth-order valence-corrected chi connectivity index (χ4v) is 2.25. The van der Waals surface area contributed by atoms with Gasteiger partial charge in [-0.05, 0) is 50.8 Å². The van der Waals surface area contributed by atoms with Crippen LogP contribution in [-0.4, -0.2) is 16.3 Å². The third-order valence-electron chi connectivity index (χ3n) is 3.74. The summed E-state index contributed by atoms with van der Waals surface area (Å²) in [6, 6.07) is 3.82. The molecule has 82 valence electrons. The summed E-state index contributed by atoms with van der Waals surface area (Å²) in [5.41, 5.74) is 3.01. The summed E-state index contributed by atoms with van der Waals surface area (Å²) in [4.78, 5) is 0. The summed E-state index contributed by atoms with van der Waals surface area (Å²) >= 11 is 0. The van der Waals surface area contributed by atoms with E-state index in [0.717, 1.165) is 24.0 Å². The molecule has 0 spiro atoms. The van der Waals surface area contributed by atoms with Crippen molar-refractivity contribution in [3.05, 3.63) is 28.8 Å². The maximum Gasteiger partial charge on any atom is 0.119 e. The Balaban J connectivity index is 2.49. The Morgan fingerprint density at radius 3 is 2.20 bits per heavy atom. The molecule has 2 nitrogen and oxygen atoms in total. The standard InChI is InChI=1S/C13H18O2/c1-8-6-11(12(15)7-9(8)2)13(4-5-13)10(3)14/h6-7,10,14-15H,4-5H2,1-3H3. The monoisotopic (exact) mass is 206 g/mol. The molecule has 1 aliphatic carbocycles. The predicted molar refractivity (Wildman–Crippen MR) is 60.2 cm³/mol. The van der Waals surface area contributed by atoms with E-state index >= 15 is 0 Å². The van der Waals surface area contributed by atoms with Crippen LogP contribution in [0.5, 0.6) is 5.75 Å². The lowest BCUT2D eigenvalue weighted by Gasteiger charge is -2.21. The second-order valence-corrected chi connectivity index (χ2v) is 4.79. The molecule has 2 heteroatoms. The molecule has 1 unspecified atom stereocenters. The summed E-state index contributed by atoms with van der Waals surface area (Å²) < 4.78 is 0. The van der Waals surface area contributed by atoms with Crippen molar-refractivity contribution in [1.82, 2.24) is 0 Å². The quantitative estimate of drug-likeness (QED) is 0.780. The van der Waals surface area contributed by atoms with E-state index in [4.69, 9.17) is 0 Å². The van der Waals surface area contributed by atoms with Gasteiger partial charge in [0.1, 0.15) is 5.75 Å². The second-order valence-electron chi connectivity index (χ2n) is 4.79. The highest BCUT2D eigenvalue weighted by molar-refractivity contribution is 5.48. The maximum absolute atomic E-state index is 9.93. The molecule has 1 aliphatic rings. The summed E-state index contributed by atoms with van der Waals surface area (Å²) in [6.07, 6.45) is 1.56. The van der Waals surface area contributed by atoms with E-state index in [9.17, 15) is 10.2 Å². The molecule has 0 aromatic heterocycles. The number of benzene rings is 1. The van der Waals surface area contributed by atoms with Gasteiger partial charge >= 0.3 is 0 Å². The van der Waals surface area contributed by atoms with E-state index < -0.39 is 0 Å². The Labute approximate surface area is 90.6 Å². The van der Waals surface area contributed by atoms with Crippen molar-refractivity contribution in [3.8, 4) is 5.75 Å². The number of hydrogen-bond acceptors (Lipinski definition) is 2. The Morgan fingerprint density at radius 2 is 1.73 bits per heavy atom. The number of phenols is 1. The lowest BCUT2D eigenvalue weighted by Crippen LogP contribution is -2.22. The minimum absolute atomic E-state index is 0.178. The number of rotatable bonds is 2. The lowest BCUT2D eigenvalue weighted by atomic mass is 9.88. The minimum atomic E-state index is -0.384. The van der Waals surface area contributed by atoms with Crippen LogP contribution in [0.25, 0.3) is 0 Å². The largest absolute Gasteiger partial charge is 0.508 e. The molecule has 0 saturated heterocycles. The van der Waals surface area contributed by atoms with Crippen molar-refractivity contribution in [2.24, 2.45) is 0 Å². The van der Waals surface area contributed by atoms with Crippen molar-refractivity contribution >= 4 is 0 Å². The van der Waals surface area contributed by atoms with Gasteiger partial charge in [0.15, 0.2) is 0 Å². The van der Waals surface area contributed by atoms with E-state index in [0.29, 0.717) is 5.75 Å². The Kier molecular flexibility index (Phi) is 2.27. The molecule has 0 amide bonds. The van der Waals surface area contributed by atoms with Gasteiger partial charge in [-0.15, -0.1) is 0 Å². The van der Waals surface area contributed by atoms with Crippen molar-refractivity contribution in [3.63, 3.8) is 0 Å². The van der Waals surface area contributed by atoms with Gasteiger partial charge in [0.25, 0.3) is 0 Å². The van der Waals surface area contributed by atoms with Gasteiger partial charge in [0.05, 0.1) is 6.10 Å². The van der Waals surface area contributed by atoms with Crippen LogP contribution in [0.1, 0.15) is 36.5 Å². The Hall–Kier alpha value is -1.02. The summed E-state index contributed by atoms with van der Waals surface area (Å²) in [7, 11) is 0. The molecule has 1 fully saturated rings. The molecule has 0 aliphatic heterocycles. The number of aliphatic hydroxyl groups excluding tert-OH is 1. The van der Waals surface area contributed by atoms with Gasteiger partial charge < -0.3 is 10.2 Å². The molecular weight excluding hydrogens is 188 g/mol. The Morgan fingerprint density at radius 1 is 1.20 bits per heavy atom. The van der Waals surface area contributed by atoms with Gasteiger partial charge in [-0.3, -0.25) is 0 Å². The number of hydrogen-bond donors (Lipinski definition) is 2. The fraction of sp³-hybridized carbons (Fsp3) is 0.538. The van der Waals surface area contributed by atoms with Crippen molar-refractivity contribution < 1.29 is 10.2 Å². The number of aromatic hydroxyl groups is 1. The zero-order chi connectivity index (χ0) is 11.2. The normalized spacial score (nSPS) is 20.0. The van der Waals surface area contributed by atoms with Crippen molar-refractivity contribution in [2.75, 3.05) is 0 Å². The first kappa shape index (κ1) is 10.5. The fourth-order valence-electron chi connectivity index (χ4n) is 2.25. The van der Waals surface area contributed by atoms with Gasteiger partial charge in [-0.25, -0.2) is 0 Å². The smallest absolute Gasteiger partial charge is 0.119 e. The number of aliphatic hydroxyl groups is 1. The van der Waals surface area contributed by atoms with Crippen molar-refractivity contribution in [1.29, 1.82) is 0 Å². The molecule has 1 atom stereocenters. The number of phenolic OH excluding ortho intramolecular Hbond substituents is 1. The van der Waals surface area contributed by atoms with E-state index in [1.165, 1.54) is 5.56 Å². The highest BCUT2D eigenvalue weighted by Gasteiger charge is 2.49. The predicted octanol–water partition coefficient (Wildman–Crippen LogP) is 2.42. The van der Waals surface area contributed by atoms with Gasteiger partial charge in [-0.2, -0.15) is 0 Å². The highest BCUT2D eigenvalue weighted by atomic mass is 16.3. The first-order valence-electron chi connectivity index (χ1n) is 5.46. The van der Waals surface area contributed by atoms with Crippen LogP contribution in [0.15, 0.2) is 12.1 Å². The summed E-state index contributed by atoms with van der Waals surface area (Å²) in [6.45, 7) is 5.83. The van der Waals surface area contributed by atoms with Crippen LogP contribution in [0, 0.1) is 13.8 Å². The zero-order valence-electron chi connectivity index (χ0n) is 9.54.